The summed E-state index contributed by atoms with van der Waals surface area (Å²) in [5.41, 5.74) is 5.63. The summed E-state index contributed by atoms with van der Waals surface area (Å²) in [4.78, 5) is 12.1. The molecule has 1 unspecified atom stereocenters. The van der Waals surface area contributed by atoms with Gasteiger partial charge in [-0.15, -0.1) is 0 Å². The Morgan fingerprint density at radius 1 is 1.10 bits per heavy atom. The summed E-state index contributed by atoms with van der Waals surface area (Å²) in [5, 5.41) is 11.0. The van der Waals surface area contributed by atoms with E-state index in [9.17, 15) is 5.11 Å². The van der Waals surface area contributed by atoms with Crippen molar-refractivity contribution in [2.24, 2.45) is 5.41 Å². The van der Waals surface area contributed by atoms with Gasteiger partial charge in [0.05, 0.1) is 17.7 Å². The van der Waals surface area contributed by atoms with Gasteiger partial charge in [0.1, 0.15) is 11.6 Å². The van der Waals surface area contributed by atoms with Gasteiger partial charge in [-0.1, -0.05) is 22.9 Å². The molecular formula is C23H29BrN4O. The molecule has 4 rings (SSSR count). The van der Waals surface area contributed by atoms with Crippen LogP contribution in [0, 0.1) is 33.1 Å². The van der Waals surface area contributed by atoms with Crippen LogP contribution in [0.4, 0.5) is 5.82 Å². The van der Waals surface area contributed by atoms with Crippen molar-refractivity contribution >= 4 is 32.8 Å². The van der Waals surface area contributed by atoms with Crippen molar-refractivity contribution in [1.29, 1.82) is 0 Å². The summed E-state index contributed by atoms with van der Waals surface area (Å²) in [5.74, 6) is 1.77. The van der Waals surface area contributed by atoms with Crippen LogP contribution in [0.5, 0.6) is 0 Å². The van der Waals surface area contributed by atoms with Crippen LogP contribution < -0.4 is 4.90 Å². The molecule has 1 aliphatic rings. The lowest BCUT2D eigenvalue weighted by Gasteiger charge is -2.40. The van der Waals surface area contributed by atoms with Crippen LogP contribution >= 0.6 is 15.9 Å². The van der Waals surface area contributed by atoms with E-state index in [2.05, 4.69) is 71.4 Å². The molecule has 1 saturated heterocycles. The van der Waals surface area contributed by atoms with Gasteiger partial charge in [0.2, 0.25) is 0 Å². The first-order valence-corrected chi connectivity index (χ1v) is 11.0. The van der Waals surface area contributed by atoms with E-state index >= 15 is 0 Å². The van der Waals surface area contributed by atoms with Crippen LogP contribution in [-0.4, -0.2) is 39.3 Å². The number of hydrogen-bond acceptors (Lipinski definition) is 4. The van der Waals surface area contributed by atoms with Crippen molar-refractivity contribution in [1.82, 2.24) is 14.5 Å². The van der Waals surface area contributed by atoms with E-state index in [1.807, 2.05) is 6.92 Å². The fourth-order valence-electron chi connectivity index (χ4n) is 4.70. The number of hydrogen-bond donors (Lipinski definition) is 1. The summed E-state index contributed by atoms with van der Waals surface area (Å²) in [6.07, 6.45) is 4.29. The fraction of sp³-hybridized carbons (Fsp3) is 0.478. The molecule has 0 amide bonds. The highest BCUT2D eigenvalue weighted by Crippen LogP contribution is 2.37. The molecular weight excluding hydrogens is 428 g/mol. The average Bonchev–Trinajstić information content (AvgIpc) is 2.96. The SMILES string of the molecule is Cc1nc(N2CCCC(C)(CO)C2)c2c(C)cn(-c3c(C)cc(Br)cc3C)c2n1. The molecule has 1 N–H and O–H groups in total. The Balaban J connectivity index is 1.92. The average molecular weight is 457 g/mol. The maximum absolute atomic E-state index is 9.91. The predicted molar refractivity (Wildman–Crippen MR) is 122 cm³/mol. The lowest BCUT2D eigenvalue weighted by Crippen LogP contribution is -2.44. The number of benzene rings is 1. The molecule has 1 atom stereocenters. The third-order valence-corrected chi connectivity index (χ3v) is 6.54. The topological polar surface area (TPSA) is 54.2 Å². The first-order chi connectivity index (χ1) is 13.7. The van der Waals surface area contributed by atoms with E-state index in [4.69, 9.17) is 9.97 Å². The second-order valence-electron chi connectivity index (χ2n) is 8.86. The molecule has 0 aliphatic carbocycles. The summed E-state index contributed by atoms with van der Waals surface area (Å²) >= 11 is 3.61. The van der Waals surface area contributed by atoms with E-state index < -0.39 is 0 Å². The molecule has 3 heterocycles. The molecule has 0 bridgehead atoms. The van der Waals surface area contributed by atoms with Crippen LogP contribution in [0.15, 0.2) is 22.8 Å². The number of rotatable bonds is 3. The Bertz CT molecular complexity index is 1070. The minimum absolute atomic E-state index is 0.0845. The Labute approximate surface area is 180 Å². The minimum Gasteiger partial charge on any atom is -0.396 e. The van der Waals surface area contributed by atoms with Gasteiger partial charge in [-0.05, 0) is 69.4 Å². The van der Waals surface area contributed by atoms with Gasteiger partial charge >= 0.3 is 0 Å². The van der Waals surface area contributed by atoms with Crippen molar-refractivity contribution in [3.05, 3.63) is 45.3 Å². The third kappa shape index (κ3) is 3.57. The van der Waals surface area contributed by atoms with Crippen LogP contribution in [0.25, 0.3) is 16.7 Å². The highest BCUT2D eigenvalue weighted by molar-refractivity contribution is 9.10. The Morgan fingerprint density at radius 2 is 1.79 bits per heavy atom. The predicted octanol–water partition coefficient (Wildman–Crippen LogP) is 5.02. The second-order valence-corrected chi connectivity index (χ2v) is 9.77. The van der Waals surface area contributed by atoms with Gasteiger partial charge in [0.15, 0.2) is 5.65 Å². The number of fused-ring (bicyclic) bond motifs is 1. The molecule has 0 saturated carbocycles. The van der Waals surface area contributed by atoms with Crippen molar-refractivity contribution in [2.45, 2.75) is 47.5 Å². The monoisotopic (exact) mass is 456 g/mol. The Kier molecular flexibility index (Phi) is 5.20. The van der Waals surface area contributed by atoms with Gasteiger partial charge in [-0.2, -0.15) is 0 Å². The molecule has 154 valence electrons. The number of halogens is 1. The molecule has 29 heavy (non-hydrogen) atoms. The van der Waals surface area contributed by atoms with Crippen LogP contribution in [-0.2, 0) is 0 Å². The van der Waals surface area contributed by atoms with E-state index in [-0.39, 0.29) is 12.0 Å². The highest BCUT2D eigenvalue weighted by Gasteiger charge is 2.32. The quantitative estimate of drug-likeness (QED) is 0.601. The van der Waals surface area contributed by atoms with Crippen LogP contribution in [0.1, 0.15) is 42.3 Å². The van der Waals surface area contributed by atoms with Gasteiger partial charge in [0, 0.05) is 29.2 Å². The van der Waals surface area contributed by atoms with Crippen LogP contribution in [0.3, 0.4) is 0 Å². The first kappa shape index (κ1) is 20.4. The lowest BCUT2D eigenvalue weighted by molar-refractivity contribution is 0.123. The number of aliphatic hydroxyl groups is 1. The number of aliphatic hydroxyl groups excluding tert-OH is 1. The Hall–Kier alpha value is -1.92. The normalized spacial score (nSPS) is 19.9. The summed E-state index contributed by atoms with van der Waals surface area (Å²) in [6, 6.07) is 4.30. The Morgan fingerprint density at radius 3 is 2.45 bits per heavy atom. The van der Waals surface area contributed by atoms with Crippen molar-refractivity contribution in [3.63, 3.8) is 0 Å². The smallest absolute Gasteiger partial charge is 0.150 e. The maximum atomic E-state index is 9.91. The van der Waals surface area contributed by atoms with Gasteiger partial charge in [-0.3, -0.25) is 0 Å². The van der Waals surface area contributed by atoms with E-state index in [0.717, 1.165) is 53.1 Å². The molecule has 0 radical (unpaired) electrons. The lowest BCUT2D eigenvalue weighted by atomic mass is 9.83. The zero-order valence-corrected chi connectivity index (χ0v) is 19.5. The van der Waals surface area contributed by atoms with Crippen molar-refractivity contribution < 1.29 is 5.11 Å². The number of aryl methyl sites for hydroxylation is 4. The summed E-state index contributed by atoms with van der Waals surface area (Å²) < 4.78 is 3.31. The third-order valence-electron chi connectivity index (χ3n) is 6.09. The molecule has 6 heteroatoms. The fourth-order valence-corrected chi connectivity index (χ4v) is 5.38. The van der Waals surface area contributed by atoms with Gasteiger partial charge in [-0.25, -0.2) is 9.97 Å². The molecule has 5 nitrogen and oxygen atoms in total. The number of nitrogens with zero attached hydrogens (tertiary/aromatic N) is 4. The van der Waals surface area contributed by atoms with Gasteiger partial charge < -0.3 is 14.6 Å². The number of piperidine rings is 1. The molecule has 1 fully saturated rings. The number of anilines is 1. The molecule has 3 aromatic rings. The standard InChI is InChI=1S/C23H29BrN4O/c1-14-9-18(24)10-15(2)20(14)28-11-16(3)19-21(25-17(4)26-22(19)28)27-8-6-7-23(5,12-27)13-29/h9-11,29H,6-8,12-13H2,1-5H3. The molecule has 1 aromatic carbocycles. The summed E-state index contributed by atoms with van der Waals surface area (Å²) in [7, 11) is 0. The maximum Gasteiger partial charge on any atom is 0.150 e. The van der Waals surface area contributed by atoms with E-state index in [1.54, 1.807) is 0 Å². The minimum atomic E-state index is -0.0845. The van der Waals surface area contributed by atoms with Crippen molar-refractivity contribution in [3.8, 4) is 5.69 Å². The van der Waals surface area contributed by atoms with Crippen LogP contribution in [0.2, 0.25) is 0 Å². The van der Waals surface area contributed by atoms with Gasteiger partial charge in [0.25, 0.3) is 0 Å². The van der Waals surface area contributed by atoms with E-state index in [1.165, 1.54) is 22.4 Å². The highest BCUT2D eigenvalue weighted by atomic mass is 79.9. The molecule has 2 aromatic heterocycles. The summed E-state index contributed by atoms with van der Waals surface area (Å²) in [6.45, 7) is 12.5. The largest absolute Gasteiger partial charge is 0.396 e. The van der Waals surface area contributed by atoms with Crippen molar-refractivity contribution in [2.75, 3.05) is 24.6 Å². The molecule has 1 aliphatic heterocycles. The zero-order valence-electron chi connectivity index (χ0n) is 17.9. The molecule has 0 spiro atoms. The van der Waals surface area contributed by atoms with E-state index in [0.29, 0.717) is 0 Å². The number of aromatic nitrogens is 3. The zero-order chi connectivity index (χ0) is 20.9. The second kappa shape index (κ2) is 7.40. The first-order valence-electron chi connectivity index (χ1n) is 10.2.